The third-order valence-electron chi connectivity index (χ3n) is 4.73. The number of fused-ring (bicyclic) bond motifs is 1. The second-order valence-electron chi connectivity index (χ2n) is 8.35. The second kappa shape index (κ2) is 6.62. The van der Waals surface area contributed by atoms with Gasteiger partial charge in [-0.3, -0.25) is 9.59 Å². The van der Waals surface area contributed by atoms with Crippen molar-refractivity contribution >= 4 is 16.9 Å². The van der Waals surface area contributed by atoms with E-state index in [0.717, 1.165) is 16.5 Å². The van der Waals surface area contributed by atoms with Gasteiger partial charge in [-0.05, 0) is 65.7 Å². The molecule has 0 atom stereocenters. The van der Waals surface area contributed by atoms with Gasteiger partial charge in [-0.25, -0.2) is 4.68 Å². The number of hydrogen-bond acceptors (Lipinski definition) is 5. The molecule has 1 aromatic carbocycles. The van der Waals surface area contributed by atoms with Gasteiger partial charge in [-0.15, -0.1) is 0 Å². The van der Waals surface area contributed by atoms with Gasteiger partial charge in [0.1, 0.15) is 17.0 Å². The number of esters is 1. The number of carbonyl (C=O) groups excluding carboxylic acids is 1. The van der Waals surface area contributed by atoms with Gasteiger partial charge >= 0.3 is 5.97 Å². The van der Waals surface area contributed by atoms with Crippen molar-refractivity contribution in [1.82, 2.24) is 9.78 Å². The van der Waals surface area contributed by atoms with E-state index in [-0.39, 0.29) is 11.3 Å². The van der Waals surface area contributed by atoms with Gasteiger partial charge in [0.25, 0.3) is 5.56 Å². The van der Waals surface area contributed by atoms with Gasteiger partial charge in [-0.1, -0.05) is 6.07 Å². The molecule has 0 aliphatic rings. The molecule has 0 spiro atoms. The first-order valence-electron chi connectivity index (χ1n) is 9.22. The summed E-state index contributed by atoms with van der Waals surface area (Å²) in [7, 11) is 1.59. The maximum absolute atomic E-state index is 13.1. The maximum atomic E-state index is 13.1. The molecule has 0 radical (unpaired) electrons. The Balaban J connectivity index is 2.40. The zero-order valence-electron chi connectivity index (χ0n) is 17.7. The highest BCUT2D eigenvalue weighted by molar-refractivity contribution is 6.00. The van der Waals surface area contributed by atoms with Crippen LogP contribution in [0.2, 0.25) is 0 Å². The van der Waals surface area contributed by atoms with Gasteiger partial charge in [0.15, 0.2) is 5.75 Å². The number of aryl methyl sites for hydroxylation is 5. The SMILES string of the molecule is Cc1cc(C)c2c(-c3c(OC(=O)C(C)(C)C)c(C)nn(C)c3=O)c(C)oc2c1. The molecule has 0 saturated carbocycles. The Hall–Kier alpha value is -2.89. The quantitative estimate of drug-likeness (QED) is 0.615. The summed E-state index contributed by atoms with van der Waals surface area (Å²) >= 11 is 0. The van der Waals surface area contributed by atoms with E-state index in [4.69, 9.17) is 9.15 Å². The fourth-order valence-electron chi connectivity index (χ4n) is 3.37. The van der Waals surface area contributed by atoms with E-state index in [0.29, 0.717) is 28.2 Å². The minimum atomic E-state index is -0.717. The fourth-order valence-corrected chi connectivity index (χ4v) is 3.37. The molecule has 148 valence electrons. The Morgan fingerprint density at radius 3 is 2.36 bits per heavy atom. The summed E-state index contributed by atoms with van der Waals surface area (Å²) in [5, 5.41) is 5.07. The first-order chi connectivity index (χ1) is 12.9. The topological polar surface area (TPSA) is 74.3 Å². The molecule has 0 amide bonds. The minimum absolute atomic E-state index is 0.189. The maximum Gasteiger partial charge on any atom is 0.316 e. The first-order valence-corrected chi connectivity index (χ1v) is 9.22. The normalized spacial score (nSPS) is 11.9. The van der Waals surface area contributed by atoms with E-state index in [9.17, 15) is 9.59 Å². The largest absolute Gasteiger partial charge is 0.461 e. The van der Waals surface area contributed by atoms with Crippen molar-refractivity contribution in [3.8, 4) is 16.9 Å². The fraction of sp³-hybridized carbons (Fsp3) is 0.409. The molecule has 3 rings (SSSR count). The van der Waals surface area contributed by atoms with Crippen LogP contribution in [0.25, 0.3) is 22.1 Å². The highest BCUT2D eigenvalue weighted by Crippen LogP contribution is 2.40. The molecular weight excluding hydrogens is 356 g/mol. The summed E-state index contributed by atoms with van der Waals surface area (Å²) in [4.78, 5) is 25.7. The molecule has 0 bridgehead atoms. The first kappa shape index (κ1) is 19.9. The molecule has 0 saturated heterocycles. The summed E-state index contributed by atoms with van der Waals surface area (Å²) in [6.45, 7) is 12.8. The Labute approximate surface area is 164 Å². The van der Waals surface area contributed by atoms with Crippen molar-refractivity contribution < 1.29 is 13.9 Å². The average molecular weight is 382 g/mol. The van der Waals surface area contributed by atoms with Crippen molar-refractivity contribution in [1.29, 1.82) is 0 Å². The average Bonchev–Trinajstić information content (AvgIpc) is 2.87. The number of hydrogen-bond donors (Lipinski definition) is 0. The van der Waals surface area contributed by atoms with E-state index in [1.165, 1.54) is 4.68 Å². The molecule has 2 aromatic heterocycles. The standard InChI is InChI=1S/C22H26N2O4/c1-11-9-12(2)16-15(10-11)27-14(4)17(16)18-19(28-21(26)22(5,6)7)13(3)23-24(8)20(18)25/h9-10H,1-8H3. The predicted octanol–water partition coefficient (Wildman–Crippen LogP) is 4.38. The molecule has 6 nitrogen and oxygen atoms in total. The van der Waals surface area contributed by atoms with E-state index in [1.54, 1.807) is 34.7 Å². The molecule has 0 unspecified atom stereocenters. The lowest BCUT2D eigenvalue weighted by Crippen LogP contribution is -2.29. The van der Waals surface area contributed by atoms with Crippen LogP contribution in [0, 0.1) is 33.1 Å². The zero-order valence-corrected chi connectivity index (χ0v) is 17.7. The van der Waals surface area contributed by atoms with E-state index in [1.807, 2.05) is 32.9 Å². The van der Waals surface area contributed by atoms with E-state index >= 15 is 0 Å². The van der Waals surface area contributed by atoms with Crippen LogP contribution in [0.15, 0.2) is 21.3 Å². The molecule has 6 heteroatoms. The Bertz CT molecular complexity index is 1160. The number of benzene rings is 1. The summed E-state index contributed by atoms with van der Waals surface area (Å²) < 4.78 is 12.9. The zero-order chi connectivity index (χ0) is 21.0. The van der Waals surface area contributed by atoms with Crippen LogP contribution < -0.4 is 10.3 Å². The van der Waals surface area contributed by atoms with Crippen molar-refractivity contribution in [2.75, 3.05) is 0 Å². The molecule has 2 heterocycles. The highest BCUT2D eigenvalue weighted by atomic mass is 16.5. The predicted molar refractivity (Wildman–Crippen MR) is 109 cm³/mol. The van der Waals surface area contributed by atoms with E-state index in [2.05, 4.69) is 5.10 Å². The Morgan fingerprint density at radius 2 is 1.75 bits per heavy atom. The molecular formula is C22H26N2O4. The van der Waals surface area contributed by atoms with Crippen LogP contribution in [0.1, 0.15) is 43.4 Å². The number of furan rings is 1. The third kappa shape index (κ3) is 3.23. The van der Waals surface area contributed by atoms with Crippen molar-refractivity contribution in [3.63, 3.8) is 0 Å². The van der Waals surface area contributed by atoms with Crippen LogP contribution in [-0.4, -0.2) is 15.7 Å². The molecule has 0 aliphatic carbocycles. The third-order valence-corrected chi connectivity index (χ3v) is 4.73. The van der Waals surface area contributed by atoms with Gasteiger partial charge < -0.3 is 9.15 Å². The molecule has 0 aliphatic heterocycles. The Morgan fingerprint density at radius 1 is 1.11 bits per heavy atom. The molecule has 3 aromatic rings. The lowest BCUT2D eigenvalue weighted by molar-refractivity contribution is -0.143. The summed E-state index contributed by atoms with van der Waals surface area (Å²) in [5.41, 5.74) is 3.13. The van der Waals surface area contributed by atoms with E-state index < -0.39 is 11.4 Å². The lowest BCUT2D eigenvalue weighted by Gasteiger charge is -2.19. The van der Waals surface area contributed by atoms with Gasteiger partial charge in [0.05, 0.1) is 11.0 Å². The molecule has 0 fully saturated rings. The summed E-state index contributed by atoms with van der Waals surface area (Å²) in [5.74, 6) is 0.359. The van der Waals surface area contributed by atoms with Crippen LogP contribution >= 0.6 is 0 Å². The van der Waals surface area contributed by atoms with Crippen molar-refractivity contribution in [3.05, 3.63) is 45.1 Å². The highest BCUT2D eigenvalue weighted by Gasteiger charge is 2.30. The van der Waals surface area contributed by atoms with Crippen molar-refractivity contribution in [2.24, 2.45) is 12.5 Å². The van der Waals surface area contributed by atoms with Crippen LogP contribution in [0.4, 0.5) is 0 Å². The second-order valence-corrected chi connectivity index (χ2v) is 8.35. The van der Waals surface area contributed by atoms with Gasteiger partial charge in [0, 0.05) is 18.0 Å². The minimum Gasteiger partial charge on any atom is -0.461 e. The smallest absolute Gasteiger partial charge is 0.316 e. The van der Waals surface area contributed by atoms with Crippen LogP contribution in [0.5, 0.6) is 5.75 Å². The number of rotatable bonds is 2. The number of nitrogens with zero attached hydrogens (tertiary/aromatic N) is 2. The van der Waals surface area contributed by atoms with Crippen molar-refractivity contribution in [2.45, 2.75) is 48.5 Å². The number of ether oxygens (including phenoxy) is 1. The number of carbonyl (C=O) groups is 1. The molecule has 0 N–H and O–H groups in total. The van der Waals surface area contributed by atoms with Crippen LogP contribution in [0.3, 0.4) is 0 Å². The Kier molecular flexibility index (Phi) is 4.69. The lowest BCUT2D eigenvalue weighted by atomic mass is 9.96. The summed E-state index contributed by atoms with van der Waals surface area (Å²) in [6, 6.07) is 3.98. The summed E-state index contributed by atoms with van der Waals surface area (Å²) in [6.07, 6.45) is 0. The monoisotopic (exact) mass is 382 g/mol. The van der Waals surface area contributed by atoms with Gasteiger partial charge in [0.2, 0.25) is 0 Å². The van der Waals surface area contributed by atoms with Gasteiger partial charge in [-0.2, -0.15) is 5.10 Å². The molecule has 28 heavy (non-hydrogen) atoms. The van der Waals surface area contributed by atoms with Crippen LogP contribution in [-0.2, 0) is 11.8 Å². The number of aromatic nitrogens is 2.